The third kappa shape index (κ3) is 3.58. The van der Waals surface area contributed by atoms with Crippen molar-refractivity contribution in [1.29, 1.82) is 0 Å². The summed E-state index contributed by atoms with van der Waals surface area (Å²) in [5, 5.41) is 2.75. The van der Waals surface area contributed by atoms with Crippen molar-refractivity contribution in [2.45, 2.75) is 0 Å². The molecule has 0 spiro atoms. The first kappa shape index (κ1) is 15.7. The van der Waals surface area contributed by atoms with E-state index in [1.807, 2.05) is 30.3 Å². The number of carbonyl (C=O) groups excluding carboxylic acids is 1. The highest BCUT2D eigenvalue weighted by Gasteiger charge is 2.19. The standard InChI is InChI=1S/C21H16FNO/c22-20(17-12-6-2-7-13-17)19(16-10-4-1-5-11-16)21(24)23-18-14-8-3-9-15-18/h1-15H,(H,23,24)/b20-19-. The van der Waals surface area contributed by atoms with E-state index in [1.54, 1.807) is 60.7 Å². The van der Waals surface area contributed by atoms with Gasteiger partial charge in [0.15, 0.2) is 0 Å². The number of anilines is 1. The molecule has 0 bridgehead atoms. The molecule has 3 rings (SSSR count). The smallest absolute Gasteiger partial charge is 0.259 e. The minimum absolute atomic E-state index is 0.0191. The molecule has 24 heavy (non-hydrogen) atoms. The molecule has 0 heterocycles. The Labute approximate surface area is 140 Å². The maximum atomic E-state index is 15.1. The molecular weight excluding hydrogens is 301 g/mol. The van der Waals surface area contributed by atoms with Crippen LogP contribution in [0.2, 0.25) is 0 Å². The van der Waals surface area contributed by atoms with Gasteiger partial charge < -0.3 is 5.32 Å². The van der Waals surface area contributed by atoms with Crippen LogP contribution in [-0.2, 0) is 4.79 Å². The summed E-state index contributed by atoms with van der Waals surface area (Å²) in [5.74, 6) is -1.02. The Morgan fingerprint density at radius 1 is 0.667 bits per heavy atom. The highest BCUT2D eigenvalue weighted by molar-refractivity contribution is 6.30. The molecule has 0 aliphatic rings. The number of nitrogens with one attached hydrogen (secondary N) is 1. The molecule has 3 heteroatoms. The Bertz CT molecular complexity index is 843. The van der Waals surface area contributed by atoms with Crippen LogP contribution in [0.1, 0.15) is 11.1 Å². The minimum Gasteiger partial charge on any atom is -0.322 e. The molecule has 1 amide bonds. The summed E-state index contributed by atoms with van der Waals surface area (Å²) in [6, 6.07) is 26.4. The van der Waals surface area contributed by atoms with Crippen LogP contribution in [0.5, 0.6) is 0 Å². The zero-order chi connectivity index (χ0) is 16.8. The van der Waals surface area contributed by atoms with Gasteiger partial charge in [-0.3, -0.25) is 4.79 Å². The molecule has 0 aliphatic carbocycles. The second kappa shape index (κ2) is 7.38. The molecule has 0 saturated carbocycles. The summed E-state index contributed by atoms with van der Waals surface area (Å²) in [6.45, 7) is 0. The number of hydrogen-bond donors (Lipinski definition) is 1. The lowest BCUT2D eigenvalue weighted by Crippen LogP contribution is -2.14. The van der Waals surface area contributed by atoms with Crippen LogP contribution >= 0.6 is 0 Å². The molecule has 1 N–H and O–H groups in total. The van der Waals surface area contributed by atoms with Gasteiger partial charge in [0.1, 0.15) is 5.83 Å². The number of halogens is 1. The van der Waals surface area contributed by atoms with Crippen LogP contribution in [0, 0.1) is 0 Å². The molecule has 0 aromatic heterocycles. The van der Waals surface area contributed by atoms with Crippen LogP contribution in [-0.4, -0.2) is 5.91 Å². The summed E-state index contributed by atoms with van der Waals surface area (Å²) >= 11 is 0. The predicted molar refractivity (Wildman–Crippen MR) is 95.9 cm³/mol. The van der Waals surface area contributed by atoms with Crippen molar-refractivity contribution in [2.24, 2.45) is 0 Å². The maximum Gasteiger partial charge on any atom is 0.259 e. The fourth-order valence-corrected chi connectivity index (χ4v) is 2.41. The molecule has 3 aromatic rings. The topological polar surface area (TPSA) is 29.1 Å². The first-order valence-electron chi connectivity index (χ1n) is 7.63. The molecule has 0 fully saturated rings. The van der Waals surface area contributed by atoms with Crippen molar-refractivity contribution in [3.05, 3.63) is 102 Å². The Morgan fingerprint density at radius 3 is 1.67 bits per heavy atom. The maximum absolute atomic E-state index is 15.1. The highest BCUT2D eigenvalue weighted by Crippen LogP contribution is 2.28. The fraction of sp³-hybridized carbons (Fsp3) is 0. The molecule has 3 aromatic carbocycles. The summed E-state index contributed by atoms with van der Waals surface area (Å²) in [5.41, 5.74) is 1.55. The van der Waals surface area contributed by atoms with Gasteiger partial charge in [-0.05, 0) is 17.7 Å². The number of rotatable bonds is 4. The van der Waals surface area contributed by atoms with E-state index in [4.69, 9.17) is 0 Å². The molecule has 0 aliphatic heterocycles. The van der Waals surface area contributed by atoms with Gasteiger partial charge in [-0.15, -0.1) is 0 Å². The third-order valence-corrected chi connectivity index (χ3v) is 3.57. The lowest BCUT2D eigenvalue weighted by molar-refractivity contribution is -0.111. The number of benzene rings is 3. The van der Waals surface area contributed by atoms with Gasteiger partial charge in [0, 0.05) is 11.3 Å². The number of carbonyl (C=O) groups is 1. The quantitative estimate of drug-likeness (QED) is 0.522. The van der Waals surface area contributed by atoms with Crippen LogP contribution in [0.4, 0.5) is 10.1 Å². The van der Waals surface area contributed by atoms with Crippen molar-refractivity contribution < 1.29 is 9.18 Å². The first-order chi connectivity index (χ1) is 11.8. The Morgan fingerprint density at radius 2 is 1.12 bits per heavy atom. The van der Waals surface area contributed by atoms with Gasteiger partial charge in [-0.1, -0.05) is 78.9 Å². The largest absolute Gasteiger partial charge is 0.322 e. The van der Waals surface area contributed by atoms with Crippen LogP contribution in [0.15, 0.2) is 91.0 Å². The first-order valence-corrected chi connectivity index (χ1v) is 7.63. The molecule has 0 saturated heterocycles. The molecule has 2 nitrogen and oxygen atoms in total. The van der Waals surface area contributed by atoms with Gasteiger partial charge in [0.2, 0.25) is 0 Å². The second-order valence-corrected chi connectivity index (χ2v) is 5.24. The van der Waals surface area contributed by atoms with E-state index in [1.165, 1.54) is 0 Å². The van der Waals surface area contributed by atoms with Crippen molar-refractivity contribution in [1.82, 2.24) is 0 Å². The lowest BCUT2D eigenvalue weighted by Gasteiger charge is -2.11. The highest BCUT2D eigenvalue weighted by atomic mass is 19.1. The predicted octanol–water partition coefficient (Wildman–Crippen LogP) is 5.16. The van der Waals surface area contributed by atoms with Crippen molar-refractivity contribution in [3.8, 4) is 0 Å². The van der Waals surface area contributed by atoms with Crippen LogP contribution in [0.3, 0.4) is 0 Å². The lowest BCUT2D eigenvalue weighted by atomic mass is 10.0. The molecule has 0 radical (unpaired) electrons. The van der Waals surface area contributed by atoms with Crippen molar-refractivity contribution >= 4 is 23.0 Å². The zero-order valence-electron chi connectivity index (χ0n) is 12.9. The average molecular weight is 317 g/mol. The van der Waals surface area contributed by atoms with Gasteiger partial charge in [-0.2, -0.15) is 0 Å². The van der Waals surface area contributed by atoms with E-state index in [9.17, 15) is 4.79 Å². The van der Waals surface area contributed by atoms with Crippen molar-refractivity contribution in [3.63, 3.8) is 0 Å². The van der Waals surface area contributed by atoms with Gasteiger partial charge in [0.25, 0.3) is 5.91 Å². The van der Waals surface area contributed by atoms with Gasteiger partial charge in [-0.25, -0.2) is 4.39 Å². The van der Waals surface area contributed by atoms with Crippen LogP contribution < -0.4 is 5.32 Å². The Hall–Kier alpha value is -3.20. The number of hydrogen-bond acceptors (Lipinski definition) is 1. The van der Waals surface area contributed by atoms with Crippen molar-refractivity contribution in [2.75, 3.05) is 5.32 Å². The molecule has 0 atom stereocenters. The van der Waals surface area contributed by atoms with Gasteiger partial charge >= 0.3 is 0 Å². The number of para-hydroxylation sites is 1. The minimum atomic E-state index is -0.546. The number of amides is 1. The Kier molecular flexibility index (Phi) is 4.82. The normalized spacial score (nSPS) is 11.5. The van der Waals surface area contributed by atoms with E-state index >= 15 is 4.39 Å². The monoisotopic (exact) mass is 317 g/mol. The molecular formula is C21H16FNO. The summed E-state index contributed by atoms with van der Waals surface area (Å²) in [6.07, 6.45) is 0. The second-order valence-electron chi connectivity index (χ2n) is 5.24. The summed E-state index contributed by atoms with van der Waals surface area (Å²) in [7, 11) is 0. The van der Waals surface area contributed by atoms with E-state index in [0.717, 1.165) is 0 Å². The van der Waals surface area contributed by atoms with Crippen LogP contribution in [0.25, 0.3) is 11.4 Å². The summed E-state index contributed by atoms with van der Waals surface area (Å²) < 4.78 is 15.1. The zero-order valence-corrected chi connectivity index (χ0v) is 12.9. The SMILES string of the molecule is O=C(Nc1ccccc1)/C(=C(\F)c1ccccc1)c1ccccc1. The molecule has 118 valence electrons. The van der Waals surface area contributed by atoms with E-state index in [-0.39, 0.29) is 5.57 Å². The fourth-order valence-electron chi connectivity index (χ4n) is 2.41. The third-order valence-electron chi connectivity index (χ3n) is 3.57. The molecule has 0 unspecified atom stereocenters. The van der Waals surface area contributed by atoms with Gasteiger partial charge in [0.05, 0.1) is 5.57 Å². The van der Waals surface area contributed by atoms with E-state index < -0.39 is 11.7 Å². The summed E-state index contributed by atoms with van der Waals surface area (Å²) in [4.78, 5) is 12.7. The Balaban J connectivity index is 2.04. The van der Waals surface area contributed by atoms with E-state index in [2.05, 4.69) is 5.32 Å². The average Bonchev–Trinajstić information content (AvgIpc) is 2.64. The van der Waals surface area contributed by atoms with E-state index in [0.29, 0.717) is 16.8 Å².